The zero-order chi connectivity index (χ0) is 29.5. The lowest BCUT2D eigenvalue weighted by molar-refractivity contribution is -0.268. The van der Waals surface area contributed by atoms with Crippen LogP contribution in [0.2, 0.25) is 0 Å². The van der Waals surface area contributed by atoms with E-state index >= 15 is 0 Å². The molecule has 0 unspecified atom stereocenters. The number of nitrogens with zero attached hydrogens (tertiary/aromatic N) is 1. The van der Waals surface area contributed by atoms with Crippen LogP contribution in [-0.4, -0.2) is 38.9 Å². The number of nitrogens with one attached hydrogen (secondary N) is 1. The Labute approximate surface area is 248 Å². The first kappa shape index (κ1) is 29.5. The Morgan fingerprint density at radius 3 is 2.21 bits per heavy atom. The number of carboxylic acid groups (broad SMARTS) is 1. The summed E-state index contributed by atoms with van der Waals surface area (Å²) in [5.74, 6) is -0.466. The van der Waals surface area contributed by atoms with Crippen molar-refractivity contribution < 1.29 is 29.3 Å². The maximum absolute atomic E-state index is 12.4. The van der Waals surface area contributed by atoms with Crippen LogP contribution in [-0.2, 0) is 22.6 Å². The van der Waals surface area contributed by atoms with E-state index in [0.717, 1.165) is 27.1 Å². The molecule has 1 aliphatic rings. The molecular weight excluding hydrogens is 552 g/mol. The molecule has 3 aromatic carbocycles. The number of carbonyl (C=O) groups excluding carboxylic acids is 1. The minimum absolute atomic E-state index is 0.0222. The number of aliphatic hydroxyl groups is 1. The average molecular weight is 585 g/mol. The van der Waals surface area contributed by atoms with Crippen LogP contribution in [0.25, 0.3) is 0 Å². The molecule has 1 aromatic heterocycles. The number of carbonyl (C=O) groups is 2. The SMILES string of the molecule is C[C@H]1[C@@H](CSc2ccc(C(=O)O)cc2)O[C@@H](c2ccc(CNC(=O)c3cccnc3)cc2)O[C@H]1c1ccc(CO)cc1. The van der Waals surface area contributed by atoms with E-state index in [2.05, 4.69) is 17.2 Å². The molecule has 1 aliphatic heterocycles. The molecule has 0 bridgehead atoms. The molecule has 0 spiro atoms. The van der Waals surface area contributed by atoms with E-state index in [1.165, 1.54) is 6.20 Å². The van der Waals surface area contributed by atoms with E-state index < -0.39 is 12.3 Å². The Hall–Kier alpha value is -4.02. The largest absolute Gasteiger partial charge is 0.478 e. The molecular formula is C33H32N2O6S. The van der Waals surface area contributed by atoms with Gasteiger partial charge in [-0.1, -0.05) is 55.5 Å². The van der Waals surface area contributed by atoms with Gasteiger partial charge in [-0.2, -0.15) is 0 Å². The second kappa shape index (κ2) is 13.8. The number of hydrogen-bond acceptors (Lipinski definition) is 7. The van der Waals surface area contributed by atoms with Crippen LogP contribution in [0.1, 0.15) is 62.3 Å². The first-order chi connectivity index (χ1) is 20.4. The smallest absolute Gasteiger partial charge is 0.335 e. The Balaban J connectivity index is 1.30. The first-order valence-corrected chi connectivity index (χ1v) is 14.6. The number of aromatic nitrogens is 1. The van der Waals surface area contributed by atoms with Crippen molar-refractivity contribution in [1.82, 2.24) is 10.3 Å². The third kappa shape index (κ3) is 7.24. The predicted molar refractivity (Wildman–Crippen MR) is 159 cm³/mol. The molecule has 0 saturated carbocycles. The molecule has 42 heavy (non-hydrogen) atoms. The number of aliphatic hydroxyl groups excluding tert-OH is 1. The van der Waals surface area contributed by atoms with Crippen molar-refractivity contribution in [2.75, 3.05) is 5.75 Å². The zero-order valence-corrected chi connectivity index (χ0v) is 23.9. The van der Waals surface area contributed by atoms with E-state index in [1.807, 2.05) is 60.7 Å². The van der Waals surface area contributed by atoms with Gasteiger partial charge in [0.1, 0.15) is 0 Å². The second-order valence-corrected chi connectivity index (χ2v) is 11.2. The van der Waals surface area contributed by atoms with Gasteiger partial charge in [0.15, 0.2) is 6.29 Å². The lowest BCUT2D eigenvalue weighted by Gasteiger charge is -2.41. The van der Waals surface area contributed by atoms with Crippen molar-refractivity contribution in [1.29, 1.82) is 0 Å². The third-order valence-electron chi connectivity index (χ3n) is 7.27. The molecule has 4 atom stereocenters. The maximum atomic E-state index is 12.4. The summed E-state index contributed by atoms with van der Waals surface area (Å²) in [4.78, 5) is 28.5. The zero-order valence-electron chi connectivity index (χ0n) is 23.1. The highest BCUT2D eigenvalue weighted by Gasteiger charge is 2.38. The molecule has 2 heterocycles. The number of carboxylic acids is 1. The molecule has 1 saturated heterocycles. The van der Waals surface area contributed by atoms with Gasteiger partial charge in [0, 0.05) is 41.1 Å². The standard InChI is InChI=1S/C33H32N2O6S/c1-21-29(20-42-28-14-12-25(13-15-28)32(38)39)40-33(41-30(21)24-8-6-23(19-36)7-9-24)26-10-4-22(5-11-26)17-35-31(37)27-3-2-16-34-18-27/h2-16,18,21,29-30,33,36H,17,19-20H2,1H3,(H,35,37)(H,38,39)/t21-,29+,30+,33+/m0/s1. The van der Waals surface area contributed by atoms with Crippen molar-refractivity contribution in [3.8, 4) is 0 Å². The summed E-state index contributed by atoms with van der Waals surface area (Å²) in [5.41, 5.74) is 4.39. The van der Waals surface area contributed by atoms with Gasteiger partial charge in [0.25, 0.3) is 5.91 Å². The van der Waals surface area contributed by atoms with Crippen LogP contribution in [0.15, 0.2) is 102 Å². The third-order valence-corrected chi connectivity index (χ3v) is 8.37. The fraction of sp³-hybridized carbons (Fsp3) is 0.242. The number of benzene rings is 3. The highest BCUT2D eigenvalue weighted by Crippen LogP contribution is 2.43. The summed E-state index contributed by atoms with van der Waals surface area (Å²) in [5, 5.41) is 21.6. The monoisotopic (exact) mass is 584 g/mol. The molecule has 1 amide bonds. The minimum Gasteiger partial charge on any atom is -0.478 e. The van der Waals surface area contributed by atoms with Crippen molar-refractivity contribution in [2.24, 2.45) is 5.92 Å². The van der Waals surface area contributed by atoms with Crippen molar-refractivity contribution in [2.45, 2.75) is 43.5 Å². The van der Waals surface area contributed by atoms with E-state index in [-0.39, 0.29) is 36.2 Å². The lowest BCUT2D eigenvalue weighted by Crippen LogP contribution is -2.38. The Morgan fingerprint density at radius 2 is 1.57 bits per heavy atom. The van der Waals surface area contributed by atoms with Gasteiger partial charge >= 0.3 is 5.97 Å². The van der Waals surface area contributed by atoms with Gasteiger partial charge in [0.2, 0.25) is 0 Å². The van der Waals surface area contributed by atoms with Gasteiger partial charge in [0.05, 0.1) is 29.9 Å². The molecule has 1 fully saturated rings. The fourth-order valence-corrected chi connectivity index (χ4v) is 5.82. The van der Waals surface area contributed by atoms with E-state index in [9.17, 15) is 19.8 Å². The maximum Gasteiger partial charge on any atom is 0.335 e. The van der Waals surface area contributed by atoms with Crippen LogP contribution >= 0.6 is 11.8 Å². The highest BCUT2D eigenvalue weighted by molar-refractivity contribution is 7.99. The number of amides is 1. The average Bonchev–Trinajstić information content (AvgIpc) is 3.04. The Bertz CT molecular complexity index is 1480. The number of ether oxygens (including phenoxy) is 2. The minimum atomic E-state index is -0.951. The normalized spacial score (nSPS) is 20.1. The van der Waals surface area contributed by atoms with Crippen molar-refractivity contribution in [3.05, 3.63) is 131 Å². The van der Waals surface area contributed by atoms with Crippen LogP contribution < -0.4 is 5.32 Å². The van der Waals surface area contributed by atoms with Crippen LogP contribution in [0.5, 0.6) is 0 Å². The van der Waals surface area contributed by atoms with Crippen LogP contribution in [0, 0.1) is 5.92 Å². The summed E-state index contributed by atoms with van der Waals surface area (Å²) in [6.45, 7) is 2.45. The van der Waals surface area contributed by atoms with Gasteiger partial charge in [-0.05, 0) is 53.1 Å². The molecule has 3 N–H and O–H groups in total. The Kier molecular flexibility index (Phi) is 9.66. The summed E-state index contributed by atoms with van der Waals surface area (Å²) >= 11 is 1.61. The van der Waals surface area contributed by atoms with Crippen LogP contribution in [0.3, 0.4) is 0 Å². The van der Waals surface area contributed by atoms with Gasteiger partial charge in [-0.25, -0.2) is 4.79 Å². The summed E-state index contributed by atoms with van der Waals surface area (Å²) in [6.07, 6.45) is 2.15. The number of hydrogen-bond donors (Lipinski definition) is 3. The van der Waals surface area contributed by atoms with E-state index in [4.69, 9.17) is 9.47 Å². The summed E-state index contributed by atoms with van der Waals surface area (Å²) < 4.78 is 13.0. The lowest BCUT2D eigenvalue weighted by atomic mass is 9.91. The van der Waals surface area contributed by atoms with Crippen molar-refractivity contribution >= 4 is 23.6 Å². The highest BCUT2D eigenvalue weighted by atomic mass is 32.2. The first-order valence-electron chi connectivity index (χ1n) is 13.6. The molecule has 0 aliphatic carbocycles. The predicted octanol–water partition coefficient (Wildman–Crippen LogP) is 5.79. The number of thioether (sulfide) groups is 1. The van der Waals surface area contributed by atoms with E-state index in [0.29, 0.717) is 17.9 Å². The quantitative estimate of drug-likeness (QED) is 0.201. The molecule has 8 nitrogen and oxygen atoms in total. The van der Waals surface area contributed by atoms with Gasteiger partial charge < -0.3 is 25.0 Å². The molecule has 216 valence electrons. The molecule has 0 radical (unpaired) electrons. The summed E-state index contributed by atoms with van der Waals surface area (Å²) in [6, 6.07) is 25.8. The molecule has 9 heteroatoms. The van der Waals surface area contributed by atoms with Gasteiger partial charge in [-0.15, -0.1) is 11.8 Å². The van der Waals surface area contributed by atoms with Crippen LogP contribution in [0.4, 0.5) is 0 Å². The van der Waals surface area contributed by atoms with Crippen molar-refractivity contribution in [3.63, 3.8) is 0 Å². The Morgan fingerprint density at radius 1 is 0.881 bits per heavy atom. The number of rotatable bonds is 10. The molecule has 4 aromatic rings. The molecule has 5 rings (SSSR count). The topological polar surface area (TPSA) is 118 Å². The van der Waals surface area contributed by atoms with Gasteiger partial charge in [-0.3, -0.25) is 9.78 Å². The number of aromatic carboxylic acids is 1. The second-order valence-electron chi connectivity index (χ2n) is 10.1. The summed E-state index contributed by atoms with van der Waals surface area (Å²) in [7, 11) is 0. The fourth-order valence-electron chi connectivity index (χ4n) is 4.76. The number of pyridine rings is 1. The van der Waals surface area contributed by atoms with E-state index in [1.54, 1.807) is 42.2 Å².